The van der Waals surface area contributed by atoms with E-state index in [0.717, 1.165) is 0 Å². The van der Waals surface area contributed by atoms with Gasteiger partial charge in [0.2, 0.25) is 0 Å². The fourth-order valence-corrected chi connectivity index (χ4v) is 3.75. The second-order valence-electron chi connectivity index (χ2n) is 2.29. The molecule has 0 aromatic rings. The van der Waals surface area contributed by atoms with Crippen LogP contribution in [0.2, 0.25) is 18.6 Å². The number of allylic oxidation sites excluding steroid dienone is 2. The van der Waals surface area contributed by atoms with Crippen molar-refractivity contribution in [1.29, 1.82) is 0 Å². The van der Waals surface area contributed by atoms with Crippen molar-refractivity contribution in [3.05, 3.63) is 12.2 Å². The molecular weight excluding hydrogens is 215 g/mol. The minimum Gasteiger partial charge on any atom is -0.118 e. The van der Waals surface area contributed by atoms with E-state index >= 15 is 0 Å². The predicted octanol–water partition coefficient (Wildman–Crippen LogP) is 2.57. The maximum Gasteiger partial charge on any atom is 0.130 e. The van der Waals surface area contributed by atoms with Gasteiger partial charge in [-0.05, 0) is 12.1 Å². The lowest BCUT2D eigenvalue weighted by Gasteiger charge is -2.07. The summed E-state index contributed by atoms with van der Waals surface area (Å²) >= 11 is 2.64. The Morgan fingerprint density at radius 1 is 1.43 bits per heavy atom. The maximum absolute atomic E-state index is 2.64. The van der Waals surface area contributed by atoms with Gasteiger partial charge in [0.1, 0.15) is 5.57 Å². The van der Waals surface area contributed by atoms with Crippen LogP contribution in [-0.4, -0.2) is 5.57 Å². The van der Waals surface area contributed by atoms with E-state index in [4.69, 9.17) is 0 Å². The van der Waals surface area contributed by atoms with Gasteiger partial charge < -0.3 is 0 Å². The van der Waals surface area contributed by atoms with Gasteiger partial charge in [-0.3, -0.25) is 0 Å². The van der Waals surface area contributed by atoms with E-state index < -0.39 is 5.57 Å². The molecule has 0 N–H and O–H groups in total. The average molecular weight is 224 g/mol. The smallest absolute Gasteiger partial charge is 0.118 e. The molecule has 0 atom stereocenters. The van der Waals surface area contributed by atoms with Crippen LogP contribution in [0.5, 0.6) is 0 Å². The molecule has 1 heterocycles. The van der Waals surface area contributed by atoms with Gasteiger partial charge in [-0.1, -0.05) is 18.7 Å². The van der Waals surface area contributed by atoms with Crippen molar-refractivity contribution in [2.45, 2.75) is 18.6 Å². The van der Waals surface area contributed by atoms with Gasteiger partial charge in [0.25, 0.3) is 0 Å². The first kappa shape index (κ1) is 5.82. The highest BCUT2D eigenvalue weighted by Crippen LogP contribution is 2.29. The van der Waals surface area contributed by atoms with E-state index in [-0.39, 0.29) is 0 Å². The SMILES string of the molecule is C[Si]1(I)CC=CC1. The second kappa shape index (κ2) is 1.89. The zero-order valence-electron chi connectivity index (χ0n) is 4.45. The van der Waals surface area contributed by atoms with Crippen molar-refractivity contribution in [2.24, 2.45) is 0 Å². The van der Waals surface area contributed by atoms with Crippen molar-refractivity contribution in [2.75, 3.05) is 0 Å². The number of hydrogen-bond acceptors (Lipinski definition) is 0. The summed E-state index contributed by atoms with van der Waals surface area (Å²) in [5, 5.41) is 0. The third kappa shape index (κ3) is 1.57. The summed E-state index contributed by atoms with van der Waals surface area (Å²) in [5.74, 6) is 0. The monoisotopic (exact) mass is 224 g/mol. The summed E-state index contributed by atoms with van der Waals surface area (Å²) in [6.07, 6.45) is 4.64. The van der Waals surface area contributed by atoms with Crippen LogP contribution in [0.3, 0.4) is 0 Å². The van der Waals surface area contributed by atoms with Gasteiger partial charge in [-0.25, -0.2) is 0 Å². The molecule has 0 saturated heterocycles. The zero-order valence-corrected chi connectivity index (χ0v) is 7.60. The molecule has 1 aliphatic heterocycles. The van der Waals surface area contributed by atoms with Crippen molar-refractivity contribution in [1.82, 2.24) is 0 Å². The quantitative estimate of drug-likeness (QED) is 0.257. The molecule has 0 unspecified atom stereocenters. The van der Waals surface area contributed by atoms with Crippen molar-refractivity contribution >= 4 is 27.4 Å². The first-order chi connectivity index (χ1) is 3.21. The fourth-order valence-electron chi connectivity index (χ4n) is 0.741. The molecule has 7 heavy (non-hydrogen) atoms. The first-order valence-corrected chi connectivity index (χ1v) is 8.57. The summed E-state index contributed by atoms with van der Waals surface area (Å²) in [7, 11) is 0. The topological polar surface area (TPSA) is 0 Å². The van der Waals surface area contributed by atoms with E-state index in [9.17, 15) is 0 Å². The van der Waals surface area contributed by atoms with Gasteiger partial charge in [0, 0.05) is 0 Å². The summed E-state index contributed by atoms with van der Waals surface area (Å²) in [6.45, 7) is 2.42. The van der Waals surface area contributed by atoms with Gasteiger partial charge >= 0.3 is 0 Å². The van der Waals surface area contributed by atoms with Crippen LogP contribution in [0.25, 0.3) is 0 Å². The average Bonchev–Trinajstić information content (AvgIpc) is 1.84. The fraction of sp³-hybridized carbons (Fsp3) is 0.600. The van der Waals surface area contributed by atoms with E-state index in [2.05, 4.69) is 40.5 Å². The molecular formula is C5H9ISi. The normalized spacial score (nSPS) is 26.0. The summed E-state index contributed by atoms with van der Waals surface area (Å²) in [4.78, 5) is 0. The van der Waals surface area contributed by atoms with Gasteiger partial charge in [0.05, 0.1) is 0 Å². The van der Waals surface area contributed by atoms with E-state index in [1.807, 2.05) is 0 Å². The molecule has 0 aromatic carbocycles. The highest BCUT2D eigenvalue weighted by Gasteiger charge is 2.23. The Balaban J connectivity index is 2.49. The Morgan fingerprint density at radius 3 is 2.00 bits per heavy atom. The second-order valence-corrected chi connectivity index (χ2v) is 13.7. The maximum atomic E-state index is 2.64. The van der Waals surface area contributed by atoms with Crippen LogP contribution in [0, 0.1) is 0 Å². The van der Waals surface area contributed by atoms with E-state index in [1.165, 1.54) is 12.1 Å². The predicted molar refractivity (Wildman–Crippen MR) is 44.4 cm³/mol. The lowest BCUT2D eigenvalue weighted by atomic mass is 10.6. The molecule has 0 aromatic heterocycles. The largest absolute Gasteiger partial charge is 0.130 e. The molecule has 0 bridgehead atoms. The molecule has 0 fully saturated rings. The molecule has 0 saturated carbocycles. The van der Waals surface area contributed by atoms with E-state index in [1.54, 1.807) is 0 Å². The summed E-state index contributed by atoms with van der Waals surface area (Å²) in [5.41, 5.74) is -0.681. The molecule has 40 valence electrons. The van der Waals surface area contributed by atoms with Crippen LogP contribution in [0.1, 0.15) is 0 Å². The standard InChI is InChI=1S/C5H9ISi/c1-7(6)4-2-3-5-7/h2-3H,4-5H2,1H3. The molecule has 0 nitrogen and oxygen atoms in total. The molecule has 1 rings (SSSR count). The minimum absolute atomic E-state index is 0.681. The van der Waals surface area contributed by atoms with Crippen molar-refractivity contribution < 1.29 is 0 Å². The lowest BCUT2D eigenvalue weighted by molar-refractivity contribution is 1.65. The zero-order chi connectivity index (χ0) is 5.33. The van der Waals surface area contributed by atoms with Gasteiger partial charge in [-0.15, -0.1) is 21.8 Å². The molecule has 0 spiro atoms. The molecule has 0 amide bonds. The third-order valence-corrected chi connectivity index (χ3v) is 6.07. The van der Waals surface area contributed by atoms with Gasteiger partial charge in [0.15, 0.2) is 0 Å². The Kier molecular flexibility index (Phi) is 1.57. The number of halogens is 1. The molecule has 1 aliphatic rings. The van der Waals surface area contributed by atoms with Crippen molar-refractivity contribution in [3.63, 3.8) is 0 Å². The molecule has 0 radical (unpaired) electrons. The van der Waals surface area contributed by atoms with Gasteiger partial charge in [-0.2, -0.15) is 0 Å². The number of rotatable bonds is 0. The van der Waals surface area contributed by atoms with Crippen LogP contribution in [-0.2, 0) is 0 Å². The Hall–Kier alpha value is 0.687. The number of hydrogen-bond donors (Lipinski definition) is 0. The van der Waals surface area contributed by atoms with Crippen molar-refractivity contribution in [3.8, 4) is 0 Å². The minimum atomic E-state index is -0.681. The molecule has 0 aliphatic carbocycles. The molecule has 2 heteroatoms. The highest BCUT2D eigenvalue weighted by atomic mass is 127. The van der Waals surface area contributed by atoms with Crippen LogP contribution in [0.4, 0.5) is 0 Å². The Morgan fingerprint density at radius 2 is 1.86 bits per heavy atom. The highest BCUT2D eigenvalue weighted by molar-refractivity contribution is 14.1. The lowest BCUT2D eigenvalue weighted by Crippen LogP contribution is -2.13. The van der Waals surface area contributed by atoms with Crippen LogP contribution in [0.15, 0.2) is 12.2 Å². The summed E-state index contributed by atoms with van der Waals surface area (Å²) in [6, 6.07) is 2.79. The first-order valence-electron chi connectivity index (χ1n) is 2.55. The third-order valence-electron chi connectivity index (χ3n) is 1.25. The Labute approximate surface area is 58.2 Å². The van der Waals surface area contributed by atoms with Crippen LogP contribution >= 0.6 is 21.8 Å². The van der Waals surface area contributed by atoms with Crippen LogP contribution < -0.4 is 0 Å². The Bertz CT molecular complexity index is 86.3. The summed E-state index contributed by atoms with van der Waals surface area (Å²) < 4.78 is 0. The van der Waals surface area contributed by atoms with E-state index in [0.29, 0.717) is 0 Å².